The van der Waals surface area contributed by atoms with Gasteiger partial charge in [-0.15, -0.1) is 0 Å². The molecule has 6 atom stereocenters. The molecule has 2 N–H and O–H groups in total. The molecule has 1 aliphatic carbocycles. The number of hydrogen-bond acceptors (Lipinski definition) is 7. The normalized spacial score (nSPS) is 41.0. The summed E-state index contributed by atoms with van der Waals surface area (Å²) in [5.74, 6) is -1.99. The maximum absolute atomic E-state index is 12.3. The molecule has 0 aromatic carbocycles. The number of allylic oxidation sites excluding steroid dienone is 1. The number of fused-ring (bicyclic) bond motifs is 3. The Balaban J connectivity index is 1.97. The van der Waals surface area contributed by atoms with E-state index in [0.717, 1.165) is 12.5 Å². The molecule has 0 radical (unpaired) electrons. The zero-order valence-electron chi connectivity index (χ0n) is 15.8. The van der Waals surface area contributed by atoms with Gasteiger partial charge in [-0.25, -0.2) is 9.59 Å². The van der Waals surface area contributed by atoms with E-state index in [-0.39, 0.29) is 18.3 Å². The lowest BCUT2D eigenvalue weighted by atomic mass is 9.81. The van der Waals surface area contributed by atoms with Crippen molar-refractivity contribution in [3.8, 4) is 0 Å². The molecule has 2 fully saturated rings. The van der Waals surface area contributed by atoms with Crippen LogP contribution in [0.1, 0.15) is 33.6 Å². The molecule has 0 saturated carbocycles. The third-order valence-corrected chi connectivity index (χ3v) is 5.61. The Bertz CT molecular complexity index is 722. The predicted octanol–water partition coefficient (Wildman–Crippen LogP) is 1.19. The van der Waals surface area contributed by atoms with Gasteiger partial charge in [0.1, 0.15) is 24.4 Å². The van der Waals surface area contributed by atoms with Crippen LogP contribution < -0.4 is 0 Å². The molecule has 2 heterocycles. The average molecular weight is 378 g/mol. The third-order valence-electron chi connectivity index (χ3n) is 5.61. The molecule has 6 unspecified atom stereocenters. The lowest BCUT2D eigenvalue weighted by molar-refractivity contribution is -0.153. The maximum Gasteiger partial charge on any atom is 0.334 e. The van der Waals surface area contributed by atoms with Gasteiger partial charge in [0, 0.05) is 11.6 Å². The highest BCUT2D eigenvalue weighted by Gasteiger charge is 2.64. The summed E-state index contributed by atoms with van der Waals surface area (Å²) in [6, 6.07) is 0. The van der Waals surface area contributed by atoms with Crippen LogP contribution in [-0.4, -0.2) is 58.8 Å². The topological polar surface area (TPSA) is 106 Å². The molecule has 0 aromatic rings. The van der Waals surface area contributed by atoms with Crippen molar-refractivity contribution in [2.45, 2.75) is 63.6 Å². The number of carbonyl (C=O) groups excluding carboxylic acids is 2. The Labute approximate surface area is 158 Å². The Kier molecular flexibility index (Phi) is 5.29. The largest absolute Gasteiger partial charge is 0.455 e. The number of hydrogen-bond donors (Lipinski definition) is 2. The van der Waals surface area contributed by atoms with Gasteiger partial charge in [0.15, 0.2) is 0 Å². The summed E-state index contributed by atoms with van der Waals surface area (Å²) in [6.45, 7) is 8.83. The second kappa shape index (κ2) is 7.22. The summed E-state index contributed by atoms with van der Waals surface area (Å²) >= 11 is 0. The van der Waals surface area contributed by atoms with Crippen molar-refractivity contribution < 1.29 is 34.0 Å². The van der Waals surface area contributed by atoms with Crippen LogP contribution in [-0.2, 0) is 23.8 Å². The third kappa shape index (κ3) is 3.72. The summed E-state index contributed by atoms with van der Waals surface area (Å²) in [6.07, 6.45) is 1.31. The molecule has 0 amide bonds. The maximum atomic E-state index is 12.3. The van der Waals surface area contributed by atoms with E-state index in [9.17, 15) is 14.7 Å². The van der Waals surface area contributed by atoms with Gasteiger partial charge in [0.05, 0.1) is 18.1 Å². The molecule has 27 heavy (non-hydrogen) atoms. The molecule has 148 valence electrons. The minimum Gasteiger partial charge on any atom is -0.455 e. The zero-order chi connectivity index (χ0) is 19.9. The van der Waals surface area contributed by atoms with Crippen molar-refractivity contribution in [1.29, 1.82) is 0 Å². The van der Waals surface area contributed by atoms with E-state index in [1.807, 2.05) is 13.0 Å². The van der Waals surface area contributed by atoms with E-state index in [1.54, 1.807) is 13.8 Å². The highest BCUT2D eigenvalue weighted by Crippen LogP contribution is 2.50. The molecular weight excluding hydrogens is 352 g/mol. The molecule has 2 aliphatic heterocycles. The number of aliphatic hydroxyl groups is 2. The van der Waals surface area contributed by atoms with E-state index < -0.39 is 41.8 Å². The fraction of sp³-hybridized carbons (Fsp3) is 0.600. The number of epoxide rings is 1. The van der Waals surface area contributed by atoms with E-state index in [2.05, 4.69) is 6.58 Å². The van der Waals surface area contributed by atoms with E-state index in [0.29, 0.717) is 17.6 Å². The predicted molar refractivity (Wildman–Crippen MR) is 95.5 cm³/mol. The number of carbonyl (C=O) groups is 2. The minimum atomic E-state index is -1.11. The van der Waals surface area contributed by atoms with Crippen LogP contribution in [0.4, 0.5) is 0 Å². The molecule has 3 rings (SSSR count). The Morgan fingerprint density at radius 1 is 1.52 bits per heavy atom. The van der Waals surface area contributed by atoms with Gasteiger partial charge in [0.25, 0.3) is 0 Å². The summed E-state index contributed by atoms with van der Waals surface area (Å²) in [5, 5.41) is 20.0. The first kappa shape index (κ1) is 19.8. The van der Waals surface area contributed by atoms with Crippen LogP contribution in [0.25, 0.3) is 0 Å². The van der Waals surface area contributed by atoms with Crippen molar-refractivity contribution in [2.24, 2.45) is 5.92 Å². The van der Waals surface area contributed by atoms with Gasteiger partial charge < -0.3 is 24.4 Å². The van der Waals surface area contributed by atoms with Gasteiger partial charge >= 0.3 is 11.9 Å². The van der Waals surface area contributed by atoms with Crippen molar-refractivity contribution in [3.63, 3.8) is 0 Å². The highest BCUT2D eigenvalue weighted by atomic mass is 16.6. The monoisotopic (exact) mass is 378 g/mol. The van der Waals surface area contributed by atoms with E-state index in [1.165, 1.54) is 0 Å². The number of esters is 2. The summed E-state index contributed by atoms with van der Waals surface area (Å²) in [7, 11) is 0. The smallest absolute Gasteiger partial charge is 0.334 e. The lowest BCUT2D eigenvalue weighted by Crippen LogP contribution is -2.45. The van der Waals surface area contributed by atoms with E-state index >= 15 is 0 Å². The highest BCUT2D eigenvalue weighted by molar-refractivity contribution is 5.91. The minimum absolute atomic E-state index is 0.158. The summed E-state index contributed by atoms with van der Waals surface area (Å²) in [4.78, 5) is 24.5. The van der Waals surface area contributed by atoms with Gasteiger partial charge in [0.2, 0.25) is 0 Å². The quantitative estimate of drug-likeness (QED) is 0.329. The molecular formula is C20H26O7. The molecule has 2 saturated heterocycles. The van der Waals surface area contributed by atoms with Crippen molar-refractivity contribution in [3.05, 3.63) is 35.5 Å². The first-order valence-corrected chi connectivity index (χ1v) is 9.09. The summed E-state index contributed by atoms with van der Waals surface area (Å²) < 4.78 is 16.9. The van der Waals surface area contributed by atoms with Crippen LogP contribution in [0.5, 0.6) is 0 Å². The molecule has 0 aromatic heterocycles. The zero-order valence-corrected chi connectivity index (χ0v) is 15.8. The van der Waals surface area contributed by atoms with Crippen LogP contribution in [0.3, 0.4) is 0 Å². The summed E-state index contributed by atoms with van der Waals surface area (Å²) in [5.41, 5.74) is 0.804. The van der Waals surface area contributed by atoms with Gasteiger partial charge in [-0.05, 0) is 44.8 Å². The van der Waals surface area contributed by atoms with Crippen LogP contribution in [0.15, 0.2) is 35.5 Å². The SMILES string of the molecule is C=C1C(=O)OC2C1C(OC(=O)/C=C(\C)CO)C(O)/C(C)=C/CCC1(C)OC21. The van der Waals surface area contributed by atoms with Crippen molar-refractivity contribution in [1.82, 2.24) is 0 Å². The Hall–Kier alpha value is -1.96. The standard InChI is InChI=1S/C20H26O7/c1-10(9-21)8-13(22)25-16-14-12(3)19(24)26-17(14)18-20(4,27-18)7-5-6-11(2)15(16)23/h6,8,14-18,21,23H,3,5,7,9H2,1-2,4H3/b10-8+,11-6+. The Morgan fingerprint density at radius 2 is 2.22 bits per heavy atom. The van der Waals surface area contributed by atoms with Gasteiger partial charge in [-0.1, -0.05) is 12.7 Å². The molecule has 0 spiro atoms. The number of ether oxygens (including phenoxy) is 3. The fourth-order valence-electron chi connectivity index (χ4n) is 3.83. The lowest BCUT2D eigenvalue weighted by Gasteiger charge is -2.31. The van der Waals surface area contributed by atoms with Crippen molar-refractivity contribution in [2.75, 3.05) is 6.61 Å². The molecule has 7 nitrogen and oxygen atoms in total. The van der Waals surface area contributed by atoms with Crippen molar-refractivity contribution >= 4 is 11.9 Å². The van der Waals surface area contributed by atoms with E-state index in [4.69, 9.17) is 19.3 Å². The van der Waals surface area contributed by atoms with Crippen LogP contribution in [0, 0.1) is 5.92 Å². The first-order chi connectivity index (χ1) is 12.7. The second-order valence-electron chi connectivity index (χ2n) is 7.75. The van der Waals surface area contributed by atoms with Gasteiger partial charge in [-0.3, -0.25) is 0 Å². The Morgan fingerprint density at radius 3 is 2.89 bits per heavy atom. The molecule has 0 bridgehead atoms. The second-order valence-corrected chi connectivity index (χ2v) is 7.75. The average Bonchev–Trinajstić information content (AvgIpc) is 3.19. The van der Waals surface area contributed by atoms with Crippen LogP contribution in [0.2, 0.25) is 0 Å². The van der Waals surface area contributed by atoms with Gasteiger partial charge in [-0.2, -0.15) is 0 Å². The fourth-order valence-corrected chi connectivity index (χ4v) is 3.83. The number of rotatable bonds is 3. The number of aliphatic hydroxyl groups excluding tert-OH is 2. The molecule has 3 aliphatic rings. The first-order valence-electron chi connectivity index (χ1n) is 9.09. The van der Waals surface area contributed by atoms with Crippen LogP contribution >= 0.6 is 0 Å². The molecule has 7 heteroatoms.